The zero-order valence-corrected chi connectivity index (χ0v) is 14.5. The van der Waals surface area contributed by atoms with Gasteiger partial charge in [-0.3, -0.25) is 0 Å². The second-order valence-electron chi connectivity index (χ2n) is 5.58. The Balaban J connectivity index is 2.71. The molecular formula is C14H24N2O3S2. The number of rotatable bonds is 8. The van der Waals surface area contributed by atoms with Crippen molar-refractivity contribution in [3.8, 4) is 0 Å². The third-order valence-corrected chi connectivity index (χ3v) is 5.27. The number of hydrogen-bond donors (Lipinski definition) is 3. The summed E-state index contributed by atoms with van der Waals surface area (Å²) in [5.74, 6) is 0.630. The number of aliphatic hydroxyl groups is 1. The van der Waals surface area contributed by atoms with Gasteiger partial charge in [-0.25, -0.2) is 13.1 Å². The van der Waals surface area contributed by atoms with Gasteiger partial charge in [-0.2, -0.15) is 11.8 Å². The predicted octanol–water partition coefficient (Wildman–Crippen LogP) is 1.90. The third kappa shape index (κ3) is 6.25. The van der Waals surface area contributed by atoms with Crippen LogP contribution >= 0.6 is 11.8 Å². The Labute approximate surface area is 131 Å². The van der Waals surface area contributed by atoms with Crippen LogP contribution in [0.25, 0.3) is 0 Å². The summed E-state index contributed by atoms with van der Waals surface area (Å²) in [7, 11) is -3.46. The van der Waals surface area contributed by atoms with E-state index < -0.39 is 15.6 Å². The normalized spacial score (nSPS) is 15.0. The molecule has 1 unspecified atom stereocenters. The van der Waals surface area contributed by atoms with Gasteiger partial charge in [-0.05, 0) is 51.3 Å². The average Bonchev–Trinajstić information content (AvgIpc) is 2.35. The van der Waals surface area contributed by atoms with E-state index in [2.05, 4.69) is 10.0 Å². The van der Waals surface area contributed by atoms with Gasteiger partial charge in [0.15, 0.2) is 0 Å². The number of sulfonamides is 1. The molecule has 120 valence electrons. The molecule has 0 aliphatic carbocycles. The second kappa shape index (κ2) is 7.49. The van der Waals surface area contributed by atoms with Crippen molar-refractivity contribution in [2.24, 2.45) is 0 Å². The van der Waals surface area contributed by atoms with E-state index in [-0.39, 0.29) is 10.9 Å². The molecule has 5 nitrogen and oxygen atoms in total. The van der Waals surface area contributed by atoms with Crippen LogP contribution < -0.4 is 10.0 Å². The summed E-state index contributed by atoms with van der Waals surface area (Å²) in [6, 6.07) is 6.36. The van der Waals surface area contributed by atoms with Crippen molar-refractivity contribution in [1.82, 2.24) is 4.72 Å². The molecule has 0 fully saturated rings. The van der Waals surface area contributed by atoms with Crippen molar-refractivity contribution in [2.75, 3.05) is 23.9 Å². The first kappa shape index (κ1) is 18.3. The van der Waals surface area contributed by atoms with Gasteiger partial charge in [0.05, 0.1) is 10.5 Å². The first-order chi connectivity index (χ1) is 9.66. The Morgan fingerprint density at radius 3 is 2.33 bits per heavy atom. The highest BCUT2D eigenvalue weighted by Crippen LogP contribution is 2.16. The molecular weight excluding hydrogens is 308 g/mol. The van der Waals surface area contributed by atoms with Crippen molar-refractivity contribution < 1.29 is 13.5 Å². The smallest absolute Gasteiger partial charge is 0.240 e. The van der Waals surface area contributed by atoms with Crippen LogP contribution in [0.15, 0.2) is 29.2 Å². The minimum Gasteiger partial charge on any atom is -0.387 e. The van der Waals surface area contributed by atoms with E-state index in [0.717, 1.165) is 5.69 Å². The van der Waals surface area contributed by atoms with E-state index in [0.29, 0.717) is 12.3 Å². The van der Waals surface area contributed by atoms with E-state index in [9.17, 15) is 13.5 Å². The molecule has 0 heterocycles. The monoisotopic (exact) mass is 332 g/mol. The topological polar surface area (TPSA) is 78.4 Å². The van der Waals surface area contributed by atoms with Gasteiger partial charge in [0, 0.05) is 24.0 Å². The molecule has 0 saturated heterocycles. The Hall–Kier alpha value is -0.760. The second-order valence-corrected chi connectivity index (χ2v) is 8.16. The number of anilines is 1. The maximum Gasteiger partial charge on any atom is 0.240 e. The Morgan fingerprint density at radius 1 is 1.29 bits per heavy atom. The summed E-state index contributed by atoms with van der Waals surface area (Å²) in [6.07, 6.45) is 1.94. The minimum atomic E-state index is -3.46. The maximum absolute atomic E-state index is 12.0. The lowest BCUT2D eigenvalue weighted by Gasteiger charge is -2.23. The third-order valence-electron chi connectivity index (χ3n) is 2.68. The molecule has 1 atom stereocenters. The maximum atomic E-state index is 12.0. The van der Waals surface area contributed by atoms with Crippen molar-refractivity contribution >= 4 is 27.5 Å². The quantitative estimate of drug-likeness (QED) is 0.678. The zero-order chi connectivity index (χ0) is 16.1. The lowest BCUT2D eigenvalue weighted by molar-refractivity contribution is 0.0997. The average molecular weight is 332 g/mol. The standard InChI is InChI=1S/C14H24N2O3S2/c1-11(2)16-21(18,19)13-7-5-12(6-8-13)15-9-14(3,17)10-20-4/h5-8,11,15-17H,9-10H2,1-4H3. The molecule has 0 aliphatic rings. The van der Waals surface area contributed by atoms with E-state index in [1.54, 1.807) is 56.8 Å². The molecule has 0 amide bonds. The highest BCUT2D eigenvalue weighted by molar-refractivity contribution is 7.98. The molecule has 0 aromatic heterocycles. The summed E-state index contributed by atoms with van der Waals surface area (Å²) >= 11 is 1.58. The van der Waals surface area contributed by atoms with Crippen molar-refractivity contribution in [3.05, 3.63) is 24.3 Å². The molecule has 0 radical (unpaired) electrons. The minimum absolute atomic E-state index is 0.144. The van der Waals surface area contributed by atoms with E-state index in [1.807, 2.05) is 6.26 Å². The molecule has 1 rings (SSSR count). The molecule has 3 N–H and O–H groups in total. The summed E-state index contributed by atoms with van der Waals surface area (Å²) in [6.45, 7) is 5.73. The molecule has 0 saturated carbocycles. The van der Waals surface area contributed by atoms with Crippen LogP contribution in [-0.2, 0) is 10.0 Å². The number of nitrogens with one attached hydrogen (secondary N) is 2. The van der Waals surface area contributed by atoms with Crippen molar-refractivity contribution in [3.63, 3.8) is 0 Å². The van der Waals surface area contributed by atoms with Crippen LogP contribution in [0, 0.1) is 0 Å². The fourth-order valence-electron chi connectivity index (χ4n) is 1.78. The molecule has 0 spiro atoms. The number of hydrogen-bond acceptors (Lipinski definition) is 5. The fraction of sp³-hybridized carbons (Fsp3) is 0.571. The SMILES string of the molecule is CSCC(C)(O)CNc1ccc(S(=O)(=O)NC(C)C)cc1. The molecule has 1 aromatic carbocycles. The van der Waals surface area contributed by atoms with Crippen LogP contribution in [0.3, 0.4) is 0 Å². The van der Waals surface area contributed by atoms with Gasteiger partial charge in [0.25, 0.3) is 0 Å². The molecule has 0 bridgehead atoms. The van der Waals surface area contributed by atoms with Crippen molar-refractivity contribution in [1.29, 1.82) is 0 Å². The van der Waals surface area contributed by atoms with Crippen LogP contribution in [0.1, 0.15) is 20.8 Å². The van der Waals surface area contributed by atoms with Gasteiger partial charge >= 0.3 is 0 Å². The lowest BCUT2D eigenvalue weighted by atomic mass is 10.1. The van der Waals surface area contributed by atoms with Crippen LogP contribution in [-0.4, -0.2) is 43.7 Å². The van der Waals surface area contributed by atoms with Crippen LogP contribution in [0.2, 0.25) is 0 Å². The Morgan fingerprint density at radius 2 is 1.86 bits per heavy atom. The fourth-order valence-corrected chi connectivity index (χ4v) is 3.76. The first-order valence-corrected chi connectivity index (χ1v) is 9.61. The summed E-state index contributed by atoms with van der Waals surface area (Å²) < 4.78 is 26.5. The molecule has 21 heavy (non-hydrogen) atoms. The number of thioether (sulfide) groups is 1. The van der Waals surface area contributed by atoms with Gasteiger partial charge in [0.1, 0.15) is 0 Å². The highest BCUT2D eigenvalue weighted by Gasteiger charge is 2.19. The zero-order valence-electron chi connectivity index (χ0n) is 12.9. The van der Waals surface area contributed by atoms with E-state index >= 15 is 0 Å². The summed E-state index contributed by atoms with van der Waals surface area (Å²) in [4.78, 5) is 0.234. The summed E-state index contributed by atoms with van der Waals surface area (Å²) in [5, 5.41) is 13.2. The van der Waals surface area contributed by atoms with Crippen molar-refractivity contribution in [2.45, 2.75) is 37.3 Å². The Bertz CT molecular complexity index is 540. The molecule has 7 heteroatoms. The Kier molecular flexibility index (Phi) is 6.52. The first-order valence-electron chi connectivity index (χ1n) is 6.74. The van der Waals surface area contributed by atoms with Gasteiger partial charge in [-0.15, -0.1) is 0 Å². The van der Waals surface area contributed by atoms with Crippen LogP contribution in [0.5, 0.6) is 0 Å². The van der Waals surface area contributed by atoms with Crippen LogP contribution in [0.4, 0.5) is 5.69 Å². The largest absolute Gasteiger partial charge is 0.387 e. The van der Waals surface area contributed by atoms with E-state index in [4.69, 9.17) is 0 Å². The van der Waals surface area contributed by atoms with Gasteiger partial charge in [0.2, 0.25) is 10.0 Å². The van der Waals surface area contributed by atoms with Gasteiger partial charge in [-0.1, -0.05) is 0 Å². The van der Waals surface area contributed by atoms with Gasteiger partial charge < -0.3 is 10.4 Å². The highest BCUT2D eigenvalue weighted by atomic mass is 32.2. The summed E-state index contributed by atoms with van der Waals surface area (Å²) in [5.41, 5.74) is -0.0246. The molecule has 0 aliphatic heterocycles. The van der Waals surface area contributed by atoms with E-state index in [1.165, 1.54) is 0 Å². The number of benzene rings is 1. The lowest BCUT2D eigenvalue weighted by Crippen LogP contribution is -2.36. The predicted molar refractivity (Wildman–Crippen MR) is 89.4 cm³/mol. The molecule has 1 aromatic rings.